The molecule has 0 saturated carbocycles. The standard InChI is InChI=1S/C39H32O2P2/c1-39(2)37-25-23-33(42(40,29-15-7-3-8-16-29)30-17-9-4-10-18-30)27-35(37)36-28-34(24-26-38(36)39)43(41,31-19-11-5-12-20-31)32-21-13-6-14-22-32/h3-28H,1-2H3. The maximum atomic E-state index is 15.2. The fraction of sp³-hybridized carbons (Fsp3) is 0.0769. The van der Waals surface area contributed by atoms with E-state index in [4.69, 9.17) is 0 Å². The minimum absolute atomic E-state index is 0.255. The SMILES string of the molecule is CC1(C)c2ccc(P(=O)(c3ccccc3)c3ccccc3)cc2-c2cc(P(=O)(c3ccccc3)c3ccccc3)ccc21. The first kappa shape index (κ1) is 27.6. The third-order valence-corrected chi connectivity index (χ3v) is 15.0. The fourth-order valence-corrected chi connectivity index (χ4v) is 11.9. The van der Waals surface area contributed by atoms with Gasteiger partial charge in [-0.1, -0.05) is 159 Å². The van der Waals surface area contributed by atoms with Crippen LogP contribution in [-0.2, 0) is 14.5 Å². The molecule has 6 aromatic carbocycles. The number of hydrogen-bond donors (Lipinski definition) is 0. The first-order valence-electron chi connectivity index (χ1n) is 14.6. The van der Waals surface area contributed by atoms with Crippen LogP contribution in [-0.4, -0.2) is 0 Å². The van der Waals surface area contributed by atoms with Gasteiger partial charge in [0.25, 0.3) is 0 Å². The Labute approximate surface area is 253 Å². The minimum atomic E-state index is -3.16. The number of benzene rings is 6. The van der Waals surface area contributed by atoms with Crippen molar-refractivity contribution in [1.82, 2.24) is 0 Å². The Morgan fingerprint density at radius 2 is 0.651 bits per heavy atom. The Balaban J connectivity index is 1.46. The largest absolute Gasteiger partial charge is 0.309 e. The molecule has 0 atom stereocenters. The molecule has 0 aliphatic heterocycles. The molecule has 0 radical (unpaired) electrons. The van der Waals surface area contributed by atoms with Crippen LogP contribution in [0.3, 0.4) is 0 Å². The smallest absolute Gasteiger partial charge is 0.171 e. The highest BCUT2D eigenvalue weighted by molar-refractivity contribution is 7.85. The van der Waals surface area contributed by atoms with Crippen molar-refractivity contribution in [3.05, 3.63) is 169 Å². The lowest BCUT2D eigenvalue weighted by Crippen LogP contribution is -2.25. The van der Waals surface area contributed by atoms with Gasteiger partial charge in [0.15, 0.2) is 14.3 Å². The average Bonchev–Trinajstić information content (AvgIpc) is 3.30. The first-order chi connectivity index (χ1) is 20.8. The van der Waals surface area contributed by atoms with Gasteiger partial charge in [-0.05, 0) is 34.4 Å². The zero-order valence-electron chi connectivity index (χ0n) is 24.2. The Hall–Kier alpha value is -4.22. The van der Waals surface area contributed by atoms with Crippen molar-refractivity contribution in [3.63, 3.8) is 0 Å². The molecule has 0 fully saturated rings. The molecule has 6 aromatic rings. The summed E-state index contributed by atoms with van der Waals surface area (Å²) >= 11 is 0. The van der Waals surface area contributed by atoms with E-state index in [9.17, 15) is 0 Å². The van der Waals surface area contributed by atoms with Crippen molar-refractivity contribution in [1.29, 1.82) is 0 Å². The fourth-order valence-electron chi connectivity index (χ4n) is 6.58. The molecule has 0 spiro atoms. The third-order valence-electron chi connectivity index (χ3n) is 8.85. The summed E-state index contributed by atoms with van der Waals surface area (Å²) in [4.78, 5) is 0. The Morgan fingerprint density at radius 3 is 0.930 bits per heavy atom. The molecule has 2 nitrogen and oxygen atoms in total. The molecular formula is C39H32O2P2. The van der Waals surface area contributed by atoms with Crippen LogP contribution in [0.5, 0.6) is 0 Å². The molecule has 0 amide bonds. The lowest BCUT2D eigenvalue weighted by Gasteiger charge is -2.24. The van der Waals surface area contributed by atoms with Crippen LogP contribution in [0, 0.1) is 0 Å². The van der Waals surface area contributed by atoms with Gasteiger partial charge in [-0.15, -0.1) is 0 Å². The van der Waals surface area contributed by atoms with Gasteiger partial charge in [0.2, 0.25) is 0 Å². The predicted octanol–water partition coefficient (Wildman–Crippen LogP) is 7.27. The topological polar surface area (TPSA) is 34.1 Å². The van der Waals surface area contributed by atoms with E-state index in [-0.39, 0.29) is 5.41 Å². The van der Waals surface area contributed by atoms with Crippen molar-refractivity contribution in [2.24, 2.45) is 0 Å². The van der Waals surface area contributed by atoms with Gasteiger partial charge in [0, 0.05) is 37.2 Å². The molecule has 210 valence electrons. The maximum absolute atomic E-state index is 15.2. The Morgan fingerprint density at radius 1 is 0.372 bits per heavy atom. The van der Waals surface area contributed by atoms with Crippen LogP contribution in [0.4, 0.5) is 0 Å². The quantitative estimate of drug-likeness (QED) is 0.190. The lowest BCUT2D eigenvalue weighted by molar-refractivity contribution is 0.591. The van der Waals surface area contributed by atoms with Crippen molar-refractivity contribution < 1.29 is 9.13 Å². The highest BCUT2D eigenvalue weighted by atomic mass is 31.2. The third kappa shape index (κ3) is 4.32. The summed E-state index contributed by atoms with van der Waals surface area (Å²) in [6.45, 7) is 4.47. The zero-order valence-corrected chi connectivity index (χ0v) is 26.0. The van der Waals surface area contributed by atoms with Crippen LogP contribution in [0.2, 0.25) is 0 Å². The van der Waals surface area contributed by atoms with E-state index in [1.807, 2.05) is 133 Å². The van der Waals surface area contributed by atoms with E-state index in [2.05, 4.69) is 38.1 Å². The molecule has 0 bridgehead atoms. The second kappa shape index (κ2) is 10.5. The maximum Gasteiger partial charge on any atom is 0.171 e. The average molecular weight is 595 g/mol. The van der Waals surface area contributed by atoms with Crippen LogP contribution in [0.1, 0.15) is 25.0 Å². The summed E-state index contributed by atoms with van der Waals surface area (Å²) in [5.74, 6) is 0. The molecule has 0 N–H and O–H groups in total. The first-order valence-corrected chi connectivity index (χ1v) is 18.0. The van der Waals surface area contributed by atoms with Crippen LogP contribution >= 0.6 is 14.3 Å². The Bertz CT molecular complexity index is 1800. The van der Waals surface area contributed by atoms with E-state index in [0.717, 1.165) is 43.0 Å². The van der Waals surface area contributed by atoms with E-state index in [0.29, 0.717) is 0 Å². The van der Waals surface area contributed by atoms with Gasteiger partial charge >= 0.3 is 0 Å². The number of fused-ring (bicyclic) bond motifs is 3. The molecule has 0 saturated heterocycles. The normalized spacial score (nSPS) is 13.7. The van der Waals surface area contributed by atoms with Crippen LogP contribution in [0.15, 0.2) is 158 Å². The number of rotatable bonds is 6. The van der Waals surface area contributed by atoms with Crippen LogP contribution in [0.25, 0.3) is 11.1 Å². The molecule has 7 rings (SSSR count). The Kier molecular flexibility index (Phi) is 6.74. The molecule has 0 heterocycles. The summed E-state index contributed by atoms with van der Waals surface area (Å²) in [7, 11) is -6.31. The molecule has 4 heteroatoms. The van der Waals surface area contributed by atoms with Crippen molar-refractivity contribution in [2.75, 3.05) is 0 Å². The minimum Gasteiger partial charge on any atom is -0.309 e. The van der Waals surface area contributed by atoms with E-state index >= 15 is 9.13 Å². The zero-order chi connectivity index (χ0) is 29.7. The van der Waals surface area contributed by atoms with Crippen molar-refractivity contribution in [2.45, 2.75) is 19.3 Å². The van der Waals surface area contributed by atoms with Crippen molar-refractivity contribution >= 4 is 46.1 Å². The molecular weight excluding hydrogens is 562 g/mol. The summed E-state index contributed by atoms with van der Waals surface area (Å²) in [5, 5.41) is 4.84. The predicted molar refractivity (Wildman–Crippen MR) is 183 cm³/mol. The van der Waals surface area contributed by atoms with E-state index < -0.39 is 14.3 Å². The molecule has 0 unspecified atom stereocenters. The summed E-state index contributed by atoms with van der Waals surface area (Å²) in [6.07, 6.45) is 0. The lowest BCUT2D eigenvalue weighted by atomic mass is 9.82. The summed E-state index contributed by atoms with van der Waals surface area (Å²) in [6, 6.07) is 51.8. The van der Waals surface area contributed by atoms with Gasteiger partial charge < -0.3 is 9.13 Å². The van der Waals surface area contributed by atoms with Crippen LogP contribution < -0.4 is 31.8 Å². The second-order valence-corrected chi connectivity index (χ2v) is 17.2. The second-order valence-electron chi connectivity index (χ2n) is 11.6. The van der Waals surface area contributed by atoms with Gasteiger partial charge in [0.1, 0.15) is 0 Å². The molecule has 1 aliphatic rings. The van der Waals surface area contributed by atoms with Gasteiger partial charge in [-0.25, -0.2) is 0 Å². The monoisotopic (exact) mass is 594 g/mol. The van der Waals surface area contributed by atoms with Gasteiger partial charge in [0.05, 0.1) is 0 Å². The van der Waals surface area contributed by atoms with E-state index in [1.54, 1.807) is 0 Å². The van der Waals surface area contributed by atoms with Gasteiger partial charge in [-0.2, -0.15) is 0 Å². The highest BCUT2D eigenvalue weighted by Gasteiger charge is 2.39. The molecule has 1 aliphatic carbocycles. The summed E-state index contributed by atoms with van der Waals surface area (Å²) in [5.41, 5.74) is 4.23. The van der Waals surface area contributed by atoms with E-state index in [1.165, 1.54) is 11.1 Å². The number of hydrogen-bond acceptors (Lipinski definition) is 2. The van der Waals surface area contributed by atoms with Crippen molar-refractivity contribution in [3.8, 4) is 11.1 Å². The highest BCUT2D eigenvalue weighted by Crippen LogP contribution is 2.52. The molecule has 0 aromatic heterocycles. The molecule has 43 heavy (non-hydrogen) atoms. The summed E-state index contributed by atoms with van der Waals surface area (Å²) < 4.78 is 30.5. The van der Waals surface area contributed by atoms with Gasteiger partial charge in [-0.3, -0.25) is 0 Å².